The number of aliphatic hydroxyl groups excluding tert-OH is 1. The van der Waals surface area contributed by atoms with Gasteiger partial charge in [-0.3, -0.25) is 0 Å². The van der Waals surface area contributed by atoms with Gasteiger partial charge in [0.2, 0.25) is 0 Å². The summed E-state index contributed by atoms with van der Waals surface area (Å²) in [5.74, 6) is 0. The topological polar surface area (TPSA) is 20.2 Å². The molecule has 0 fully saturated rings. The quantitative estimate of drug-likeness (QED) is 0.0602. The van der Waals surface area contributed by atoms with E-state index in [2.05, 4.69) is 274 Å². The number of hydrogen-bond acceptors (Lipinski definition) is 1. The summed E-state index contributed by atoms with van der Waals surface area (Å²) in [6, 6.07) is 0. The van der Waals surface area contributed by atoms with Gasteiger partial charge in [0.15, 0.2) is 0 Å². The first-order chi connectivity index (χ1) is 50.6. The Balaban J connectivity index is 4.36. The molecule has 0 aliphatic rings. The molecule has 106 heavy (non-hydrogen) atoms. The van der Waals surface area contributed by atoms with Crippen LogP contribution in [0.25, 0.3) is 0 Å². The fraction of sp³-hybridized carbons (Fsp3) is 0.600. The summed E-state index contributed by atoms with van der Waals surface area (Å²) >= 11 is 0. The van der Waals surface area contributed by atoms with Crippen LogP contribution in [-0.4, -0.2) is 11.7 Å². The lowest BCUT2D eigenvalue weighted by Gasteiger charge is -2.05. The van der Waals surface area contributed by atoms with Crippen molar-refractivity contribution < 1.29 is 5.11 Å². The standard InChI is InChI=1S/C105H170O/c1-85(2)43-23-44-86(3)45-24-46-87(4)47-25-48-88(5)49-26-50-89(6)51-27-52-90(7)53-28-54-91(8)55-29-56-92(9)57-30-58-93(10)59-31-60-94(11)61-32-62-95(12)63-33-64-96(13)65-34-66-97(14)67-35-68-98(15)69-36-70-99(16)71-37-72-100(17)73-38-74-101(18)75-39-76-102(19)77-40-78-103(20)79-41-80-104(21)81-42-82-105(22)83-84-106/h43,45,47,49,51,53,55,57,59,61,63,65,67,69,71,73,75,77,79,81,83,106H,23-42,44,46,48,50,52,54,56,58,60,62,64,66,68,70,72,74,76,78,80,82,84H2,1-22H3/b86-45+,87-47+,88-49+,89-51+,90-53+,91-55+,92-57+,93-59+,94-61+,95-63+,96-65+,97-67+,98-69+,99-71+,100-73+,101-75+,102-77+,103-79+,104-81+,105-83+. The molecule has 0 atom stereocenters. The maximum Gasteiger partial charge on any atom is 0.0614 e. The van der Waals surface area contributed by atoms with Crippen LogP contribution in [0.2, 0.25) is 0 Å². The van der Waals surface area contributed by atoms with Crippen LogP contribution in [0.3, 0.4) is 0 Å². The molecule has 1 nitrogen and oxygen atoms in total. The highest BCUT2D eigenvalue weighted by molar-refractivity contribution is 5.16. The molecule has 0 spiro atoms. The first kappa shape index (κ1) is 100. The van der Waals surface area contributed by atoms with E-state index in [1.54, 1.807) is 0 Å². The first-order valence-corrected chi connectivity index (χ1v) is 43.0. The van der Waals surface area contributed by atoms with Crippen molar-refractivity contribution in [2.75, 3.05) is 6.61 Å². The Morgan fingerprint density at radius 2 is 0.198 bits per heavy atom. The van der Waals surface area contributed by atoms with Crippen LogP contribution in [0.15, 0.2) is 245 Å². The number of rotatable bonds is 61. The van der Waals surface area contributed by atoms with Gasteiger partial charge < -0.3 is 5.11 Å². The molecule has 0 radical (unpaired) electrons. The van der Waals surface area contributed by atoms with Crippen molar-refractivity contribution in [1.82, 2.24) is 0 Å². The molecule has 0 aromatic rings. The molecule has 596 valence electrons. The van der Waals surface area contributed by atoms with Crippen LogP contribution in [0.1, 0.15) is 409 Å². The molecule has 0 aromatic heterocycles. The zero-order chi connectivity index (χ0) is 79.0. The minimum atomic E-state index is 0.146. The fourth-order valence-electron chi connectivity index (χ4n) is 13.2. The third-order valence-corrected chi connectivity index (χ3v) is 21.1. The predicted molar refractivity (Wildman–Crippen MR) is 486 cm³/mol. The Kier molecular flexibility index (Phi) is 64.1. The molecule has 0 amide bonds. The van der Waals surface area contributed by atoms with Gasteiger partial charge in [-0.1, -0.05) is 245 Å². The van der Waals surface area contributed by atoms with E-state index in [1.807, 2.05) is 6.08 Å². The minimum absolute atomic E-state index is 0.146. The van der Waals surface area contributed by atoms with Crippen molar-refractivity contribution in [3.63, 3.8) is 0 Å². The third kappa shape index (κ3) is 67.8. The lowest BCUT2D eigenvalue weighted by molar-refractivity contribution is 0.341. The lowest BCUT2D eigenvalue weighted by atomic mass is 10.0. The van der Waals surface area contributed by atoms with E-state index in [0.29, 0.717) is 0 Å². The smallest absolute Gasteiger partial charge is 0.0614 e. The third-order valence-electron chi connectivity index (χ3n) is 21.1. The van der Waals surface area contributed by atoms with E-state index in [4.69, 9.17) is 5.11 Å². The van der Waals surface area contributed by atoms with Crippen LogP contribution in [0.5, 0.6) is 0 Å². The Hall–Kier alpha value is -5.50. The summed E-state index contributed by atoms with van der Waals surface area (Å²) in [6.07, 6.45) is 97.3. The number of hydrogen-bond donors (Lipinski definition) is 1. The molecule has 0 saturated heterocycles. The second-order valence-electron chi connectivity index (χ2n) is 33.2. The van der Waals surface area contributed by atoms with Crippen LogP contribution >= 0.6 is 0 Å². The SMILES string of the molecule is CC(C)=CCC/C(C)=C/CC/C(C)=C/CC/C(C)=C/CC/C(C)=C/CC/C(C)=C/CC/C(C)=C/CC/C(C)=C/CC/C(C)=C/CC/C(C)=C/CC/C(C)=C/CC/C(C)=C/CC/C(C)=C/CC/C(C)=C/CC/C(C)=C/CC/C(C)=C/CC/C(C)=C/CC/C(C)=C/CC/C(C)=C/CC/C(C)=C/CC/C(C)=C/CO. The van der Waals surface area contributed by atoms with Crippen LogP contribution in [0, 0.1) is 0 Å². The normalized spacial score (nSPS) is 15.3. The summed E-state index contributed by atoms with van der Waals surface area (Å²) in [7, 11) is 0. The molecule has 0 aromatic carbocycles. The van der Waals surface area contributed by atoms with Gasteiger partial charge in [0.05, 0.1) is 6.61 Å². The summed E-state index contributed by atoms with van der Waals surface area (Å²) in [6.45, 7) is 50.5. The highest BCUT2D eigenvalue weighted by Gasteiger charge is 2.03. The van der Waals surface area contributed by atoms with Crippen molar-refractivity contribution in [1.29, 1.82) is 0 Å². The van der Waals surface area contributed by atoms with Gasteiger partial charge >= 0.3 is 0 Å². The van der Waals surface area contributed by atoms with Gasteiger partial charge in [0, 0.05) is 0 Å². The maximum absolute atomic E-state index is 9.04. The van der Waals surface area contributed by atoms with Crippen molar-refractivity contribution in [3.05, 3.63) is 245 Å². The molecule has 1 heteroatoms. The molecule has 0 heterocycles. The monoisotopic (exact) mass is 1450 g/mol. The van der Waals surface area contributed by atoms with E-state index in [9.17, 15) is 0 Å². The van der Waals surface area contributed by atoms with E-state index >= 15 is 0 Å². The second-order valence-corrected chi connectivity index (χ2v) is 33.2. The average Bonchev–Trinajstić information content (AvgIpc) is 1.25. The summed E-state index contributed by atoms with van der Waals surface area (Å²) in [5.41, 5.74) is 31.7. The van der Waals surface area contributed by atoms with Gasteiger partial charge in [0.25, 0.3) is 0 Å². The highest BCUT2D eigenvalue weighted by atomic mass is 16.2. The van der Waals surface area contributed by atoms with E-state index in [0.717, 1.165) is 154 Å². The number of allylic oxidation sites excluding steroid dienone is 41. The van der Waals surface area contributed by atoms with E-state index in [1.165, 1.54) is 220 Å². The van der Waals surface area contributed by atoms with Gasteiger partial charge in [-0.2, -0.15) is 0 Å². The Morgan fingerprint density at radius 1 is 0.123 bits per heavy atom. The van der Waals surface area contributed by atoms with Gasteiger partial charge in [-0.25, -0.2) is 0 Å². The van der Waals surface area contributed by atoms with Crippen LogP contribution in [-0.2, 0) is 0 Å². The molecule has 0 aliphatic heterocycles. The lowest BCUT2D eigenvalue weighted by Crippen LogP contribution is -1.84. The molecule has 0 aliphatic carbocycles. The second kappa shape index (κ2) is 67.6. The van der Waals surface area contributed by atoms with Gasteiger partial charge in [-0.05, 0) is 409 Å². The average molecular weight is 1450 g/mol. The highest BCUT2D eigenvalue weighted by Crippen LogP contribution is 2.23. The van der Waals surface area contributed by atoms with Crippen molar-refractivity contribution >= 4 is 0 Å². The van der Waals surface area contributed by atoms with Crippen LogP contribution < -0.4 is 0 Å². The fourth-order valence-corrected chi connectivity index (χ4v) is 13.2. The maximum atomic E-state index is 9.04. The van der Waals surface area contributed by atoms with Gasteiger partial charge in [0.1, 0.15) is 0 Å². The molecule has 0 saturated carbocycles. The van der Waals surface area contributed by atoms with Gasteiger partial charge in [-0.15, -0.1) is 0 Å². The Morgan fingerprint density at radius 3 is 0.274 bits per heavy atom. The van der Waals surface area contributed by atoms with Crippen molar-refractivity contribution in [3.8, 4) is 0 Å². The number of aliphatic hydroxyl groups is 1. The predicted octanol–water partition coefficient (Wildman–Crippen LogP) is 35.5. The molecule has 0 unspecified atom stereocenters. The summed E-state index contributed by atoms with van der Waals surface area (Å²) in [5, 5.41) is 9.04. The first-order valence-electron chi connectivity index (χ1n) is 43.0. The minimum Gasteiger partial charge on any atom is -0.392 e. The summed E-state index contributed by atoms with van der Waals surface area (Å²) in [4.78, 5) is 0. The molecule has 0 bridgehead atoms. The molecular weight excluding hydrogens is 1280 g/mol. The zero-order valence-electron chi connectivity index (χ0n) is 74.1. The van der Waals surface area contributed by atoms with E-state index in [-0.39, 0.29) is 6.61 Å². The summed E-state index contributed by atoms with van der Waals surface area (Å²) < 4.78 is 0. The van der Waals surface area contributed by atoms with Crippen LogP contribution in [0.4, 0.5) is 0 Å². The zero-order valence-corrected chi connectivity index (χ0v) is 74.1. The van der Waals surface area contributed by atoms with E-state index < -0.39 is 0 Å². The molecular formula is C105H170O. The van der Waals surface area contributed by atoms with Crippen molar-refractivity contribution in [2.24, 2.45) is 0 Å². The molecule has 0 rings (SSSR count). The van der Waals surface area contributed by atoms with Crippen molar-refractivity contribution in [2.45, 2.75) is 409 Å². The Bertz CT molecular complexity index is 3100. The molecule has 1 N–H and O–H groups in total. The largest absolute Gasteiger partial charge is 0.392 e. The Labute approximate surface area is 661 Å².